The van der Waals surface area contributed by atoms with Crippen LogP contribution in [-0.2, 0) is 7.05 Å². The van der Waals surface area contributed by atoms with Crippen molar-refractivity contribution < 1.29 is 4.74 Å². The van der Waals surface area contributed by atoms with Gasteiger partial charge in [-0.2, -0.15) is 5.10 Å². The van der Waals surface area contributed by atoms with Crippen LogP contribution in [0.4, 0.5) is 0 Å². The molecule has 0 amide bonds. The monoisotopic (exact) mass is 230 g/mol. The van der Waals surface area contributed by atoms with E-state index >= 15 is 0 Å². The summed E-state index contributed by atoms with van der Waals surface area (Å²) in [5.41, 5.74) is 4.50. The molecule has 0 unspecified atom stereocenters. The summed E-state index contributed by atoms with van der Waals surface area (Å²) in [7, 11) is 1.97. The molecule has 90 valence electrons. The van der Waals surface area contributed by atoms with Gasteiger partial charge < -0.3 is 4.74 Å². The van der Waals surface area contributed by atoms with Crippen LogP contribution in [0, 0.1) is 13.8 Å². The molecular weight excluding hydrogens is 212 g/mol. The Bertz CT molecular complexity index is 529. The second-order valence-corrected chi connectivity index (χ2v) is 4.21. The van der Waals surface area contributed by atoms with Gasteiger partial charge in [0, 0.05) is 12.6 Å². The Labute approximate surface area is 102 Å². The van der Waals surface area contributed by atoms with Gasteiger partial charge in [-0.15, -0.1) is 0 Å². The first kappa shape index (κ1) is 11.7. The van der Waals surface area contributed by atoms with E-state index in [9.17, 15) is 0 Å². The van der Waals surface area contributed by atoms with E-state index in [2.05, 4.69) is 30.2 Å². The third-order valence-electron chi connectivity index (χ3n) is 2.77. The molecule has 0 saturated heterocycles. The van der Waals surface area contributed by atoms with Gasteiger partial charge in [0.05, 0.1) is 18.0 Å². The topological polar surface area (TPSA) is 27.1 Å². The van der Waals surface area contributed by atoms with Gasteiger partial charge in [0.1, 0.15) is 5.75 Å². The molecule has 0 radical (unpaired) electrons. The van der Waals surface area contributed by atoms with E-state index in [-0.39, 0.29) is 0 Å². The van der Waals surface area contributed by atoms with Crippen molar-refractivity contribution in [3.63, 3.8) is 0 Å². The minimum atomic E-state index is 0.699. The lowest BCUT2D eigenvalue weighted by atomic mass is 10.1. The number of hydrogen-bond acceptors (Lipinski definition) is 2. The quantitative estimate of drug-likeness (QED) is 0.810. The van der Waals surface area contributed by atoms with Crippen LogP contribution in [0.2, 0.25) is 0 Å². The molecule has 2 rings (SSSR count). The summed E-state index contributed by atoms with van der Waals surface area (Å²) in [5.74, 6) is 0.954. The molecule has 0 atom stereocenters. The molecule has 0 aliphatic heterocycles. The van der Waals surface area contributed by atoms with Gasteiger partial charge in [-0.05, 0) is 50.6 Å². The Hall–Kier alpha value is -1.77. The lowest BCUT2D eigenvalue weighted by Crippen LogP contribution is -1.96. The molecule has 1 aromatic carbocycles. The molecule has 0 aliphatic rings. The minimum Gasteiger partial charge on any atom is -0.494 e. The Morgan fingerprint density at radius 1 is 1.24 bits per heavy atom. The lowest BCUT2D eigenvalue weighted by molar-refractivity contribution is 0.338. The molecule has 0 N–H and O–H groups in total. The predicted molar refractivity (Wildman–Crippen MR) is 69.3 cm³/mol. The van der Waals surface area contributed by atoms with E-state index in [0.29, 0.717) is 6.61 Å². The zero-order valence-corrected chi connectivity index (χ0v) is 10.8. The van der Waals surface area contributed by atoms with E-state index in [4.69, 9.17) is 4.74 Å². The van der Waals surface area contributed by atoms with Gasteiger partial charge in [0.25, 0.3) is 0 Å². The number of ether oxygens (including phenoxy) is 1. The number of nitrogens with zero attached hydrogens (tertiary/aromatic N) is 2. The smallest absolute Gasteiger partial charge is 0.122 e. The second kappa shape index (κ2) is 4.62. The highest BCUT2D eigenvalue weighted by atomic mass is 16.5. The first-order valence-electron chi connectivity index (χ1n) is 5.86. The molecule has 2 aromatic rings. The van der Waals surface area contributed by atoms with Crippen LogP contribution in [-0.4, -0.2) is 16.4 Å². The molecule has 0 saturated carbocycles. The molecule has 1 aromatic heterocycles. The SMILES string of the molecule is CCOc1ccc(-c2cc(C)nn2C)cc1C. The van der Waals surface area contributed by atoms with E-state index in [0.717, 1.165) is 22.7 Å². The largest absolute Gasteiger partial charge is 0.494 e. The van der Waals surface area contributed by atoms with Crippen LogP contribution in [0.15, 0.2) is 24.3 Å². The van der Waals surface area contributed by atoms with Crippen molar-refractivity contribution in [2.45, 2.75) is 20.8 Å². The zero-order chi connectivity index (χ0) is 12.4. The van der Waals surface area contributed by atoms with Gasteiger partial charge in [-0.25, -0.2) is 0 Å². The van der Waals surface area contributed by atoms with Crippen molar-refractivity contribution in [1.82, 2.24) is 9.78 Å². The van der Waals surface area contributed by atoms with Gasteiger partial charge in [0.15, 0.2) is 0 Å². The minimum absolute atomic E-state index is 0.699. The molecule has 0 spiro atoms. The summed E-state index contributed by atoms with van der Waals surface area (Å²) in [6.45, 7) is 6.77. The van der Waals surface area contributed by atoms with Gasteiger partial charge in [-0.3, -0.25) is 4.68 Å². The fourth-order valence-electron chi connectivity index (χ4n) is 2.01. The van der Waals surface area contributed by atoms with Crippen molar-refractivity contribution in [3.05, 3.63) is 35.5 Å². The first-order chi connectivity index (χ1) is 8.11. The number of rotatable bonds is 3. The summed E-state index contributed by atoms with van der Waals surface area (Å²) < 4.78 is 7.45. The highest BCUT2D eigenvalue weighted by molar-refractivity contribution is 5.62. The molecule has 0 aliphatic carbocycles. The predicted octanol–water partition coefficient (Wildman–Crippen LogP) is 3.10. The van der Waals surface area contributed by atoms with Gasteiger partial charge in [-0.1, -0.05) is 0 Å². The van der Waals surface area contributed by atoms with Crippen molar-refractivity contribution in [2.75, 3.05) is 6.61 Å². The maximum atomic E-state index is 5.54. The van der Waals surface area contributed by atoms with Crippen LogP contribution in [0.1, 0.15) is 18.2 Å². The van der Waals surface area contributed by atoms with Crippen molar-refractivity contribution in [1.29, 1.82) is 0 Å². The highest BCUT2D eigenvalue weighted by Gasteiger charge is 2.07. The standard InChI is InChI=1S/C14H18N2O/c1-5-17-14-7-6-12(8-10(14)2)13-9-11(3)15-16(13)4/h6-9H,5H2,1-4H3. The Morgan fingerprint density at radius 3 is 2.53 bits per heavy atom. The van der Waals surface area contributed by atoms with Crippen molar-refractivity contribution in [3.8, 4) is 17.0 Å². The molecular formula is C14H18N2O. The summed E-state index contributed by atoms with van der Waals surface area (Å²) in [6.07, 6.45) is 0. The summed E-state index contributed by atoms with van der Waals surface area (Å²) in [6, 6.07) is 8.33. The molecule has 3 heteroatoms. The third-order valence-corrected chi connectivity index (χ3v) is 2.77. The Balaban J connectivity index is 2.41. The number of benzene rings is 1. The molecule has 0 bridgehead atoms. The van der Waals surface area contributed by atoms with Crippen molar-refractivity contribution in [2.24, 2.45) is 7.05 Å². The van der Waals surface area contributed by atoms with E-state index in [1.165, 1.54) is 5.56 Å². The number of hydrogen-bond donors (Lipinski definition) is 0. The van der Waals surface area contributed by atoms with Gasteiger partial charge in [0.2, 0.25) is 0 Å². The first-order valence-corrected chi connectivity index (χ1v) is 5.86. The summed E-state index contributed by atoms with van der Waals surface area (Å²) in [4.78, 5) is 0. The molecule has 0 fully saturated rings. The fraction of sp³-hybridized carbons (Fsp3) is 0.357. The molecule has 1 heterocycles. The van der Waals surface area contributed by atoms with Gasteiger partial charge >= 0.3 is 0 Å². The normalized spacial score (nSPS) is 10.6. The van der Waals surface area contributed by atoms with Crippen LogP contribution in [0.5, 0.6) is 5.75 Å². The number of aromatic nitrogens is 2. The zero-order valence-electron chi connectivity index (χ0n) is 10.8. The average Bonchev–Trinajstić information content (AvgIpc) is 2.61. The maximum Gasteiger partial charge on any atom is 0.122 e. The second-order valence-electron chi connectivity index (χ2n) is 4.21. The lowest BCUT2D eigenvalue weighted by Gasteiger charge is -2.09. The Morgan fingerprint density at radius 2 is 2.00 bits per heavy atom. The fourth-order valence-corrected chi connectivity index (χ4v) is 2.01. The molecule has 17 heavy (non-hydrogen) atoms. The van der Waals surface area contributed by atoms with Crippen LogP contribution in [0.3, 0.4) is 0 Å². The summed E-state index contributed by atoms with van der Waals surface area (Å²) >= 11 is 0. The average molecular weight is 230 g/mol. The van der Waals surface area contributed by atoms with Crippen LogP contribution >= 0.6 is 0 Å². The van der Waals surface area contributed by atoms with Crippen LogP contribution in [0.25, 0.3) is 11.3 Å². The van der Waals surface area contributed by atoms with Crippen LogP contribution < -0.4 is 4.74 Å². The molecule has 3 nitrogen and oxygen atoms in total. The van der Waals surface area contributed by atoms with E-state index in [1.807, 2.05) is 31.6 Å². The Kier molecular flexibility index (Phi) is 3.18. The maximum absolute atomic E-state index is 5.54. The highest BCUT2D eigenvalue weighted by Crippen LogP contribution is 2.26. The number of aryl methyl sites for hydroxylation is 3. The van der Waals surface area contributed by atoms with E-state index < -0.39 is 0 Å². The summed E-state index contributed by atoms with van der Waals surface area (Å²) in [5, 5.41) is 4.36. The van der Waals surface area contributed by atoms with Crippen molar-refractivity contribution >= 4 is 0 Å². The third kappa shape index (κ3) is 2.33. The van der Waals surface area contributed by atoms with E-state index in [1.54, 1.807) is 0 Å².